The molecule has 3 atom stereocenters. The van der Waals surface area contributed by atoms with Gasteiger partial charge in [0.2, 0.25) is 0 Å². The van der Waals surface area contributed by atoms with Crippen LogP contribution in [0.2, 0.25) is 5.02 Å². The lowest BCUT2D eigenvalue weighted by Crippen LogP contribution is -2.58. The van der Waals surface area contributed by atoms with E-state index in [4.69, 9.17) is 25.8 Å². The van der Waals surface area contributed by atoms with Gasteiger partial charge in [-0.1, -0.05) is 29.8 Å². The molecule has 2 aliphatic rings. The maximum absolute atomic E-state index is 15.2. The van der Waals surface area contributed by atoms with Gasteiger partial charge in [-0.25, -0.2) is 17.1 Å². The molecule has 1 fully saturated rings. The van der Waals surface area contributed by atoms with Gasteiger partial charge < -0.3 is 18.9 Å². The number of carbonyl (C=O) groups is 2. The number of alkyl halides is 4. The van der Waals surface area contributed by atoms with Crippen LogP contribution >= 0.6 is 11.6 Å². The van der Waals surface area contributed by atoms with E-state index >= 15 is 4.39 Å². The van der Waals surface area contributed by atoms with Crippen molar-refractivity contribution in [2.75, 3.05) is 32.2 Å². The molecular formula is C29H25ClF4N2O8S. The number of ether oxygens (including phenoxy) is 4. The van der Waals surface area contributed by atoms with E-state index in [1.165, 1.54) is 48.4 Å². The second kappa shape index (κ2) is 11.7. The number of carbonyl (C=O) groups excluding carboxylic acids is 2. The van der Waals surface area contributed by atoms with Gasteiger partial charge in [-0.15, -0.1) is 13.2 Å². The molecule has 45 heavy (non-hydrogen) atoms. The number of hydrogen-bond acceptors (Lipinski definition) is 9. The summed E-state index contributed by atoms with van der Waals surface area (Å²) >= 11 is 6.38. The van der Waals surface area contributed by atoms with Gasteiger partial charge in [0.1, 0.15) is 28.6 Å². The second-order valence-corrected chi connectivity index (χ2v) is 12.2. The molecule has 240 valence electrons. The van der Waals surface area contributed by atoms with E-state index in [0.29, 0.717) is 10.4 Å². The van der Waals surface area contributed by atoms with Crippen molar-refractivity contribution in [3.8, 4) is 17.2 Å². The first kappa shape index (κ1) is 32.3. The maximum atomic E-state index is 15.2. The predicted octanol–water partition coefficient (Wildman–Crippen LogP) is 4.82. The van der Waals surface area contributed by atoms with E-state index in [1.54, 1.807) is 6.07 Å². The number of likely N-dealkylation sites (tertiary alicyclic amines) is 1. The molecule has 0 radical (unpaired) electrons. The third kappa shape index (κ3) is 5.32. The van der Waals surface area contributed by atoms with Crippen molar-refractivity contribution in [2.24, 2.45) is 0 Å². The fourth-order valence-electron chi connectivity index (χ4n) is 5.87. The normalized spacial score (nSPS) is 21.9. The van der Waals surface area contributed by atoms with Crippen molar-refractivity contribution in [1.82, 2.24) is 4.90 Å². The number of methoxy groups -OCH3 is 3. The standard InChI is InChI=1S/C29H25ClF4N2O8S/c1-41-18-9-11-25(24(14-18)44-29(32,33)34)45(39,40)36-21-10-8-16(30)12-20(21)28(27(36)38,19-6-4-5-7-23(19)42-2)35-15-17(31)13-22(35)26(37)43-3/h4-12,14,17,22H,13,15H2,1-3H3/t17-,22-,28?/m0/s1. The molecule has 0 aromatic heterocycles. The summed E-state index contributed by atoms with van der Waals surface area (Å²) in [5, 5.41) is 0.0382. The highest BCUT2D eigenvalue weighted by Crippen LogP contribution is 2.55. The van der Waals surface area contributed by atoms with Crippen molar-refractivity contribution >= 4 is 39.2 Å². The second-order valence-electron chi connectivity index (χ2n) is 10.0. The number of fused-ring (bicyclic) bond motifs is 1. The van der Waals surface area contributed by atoms with Crippen LogP contribution in [0.4, 0.5) is 23.2 Å². The molecule has 2 heterocycles. The van der Waals surface area contributed by atoms with Crippen LogP contribution in [0.15, 0.2) is 65.6 Å². The van der Waals surface area contributed by atoms with Crippen LogP contribution in [0.1, 0.15) is 17.5 Å². The van der Waals surface area contributed by atoms with Crippen molar-refractivity contribution in [2.45, 2.75) is 35.4 Å². The van der Waals surface area contributed by atoms with E-state index < -0.39 is 69.6 Å². The Hall–Kier alpha value is -4.08. The number of benzene rings is 3. The first-order valence-corrected chi connectivity index (χ1v) is 15.0. The number of nitrogens with zero attached hydrogens (tertiary/aromatic N) is 2. The van der Waals surface area contributed by atoms with Gasteiger partial charge >= 0.3 is 12.3 Å². The Morgan fingerprint density at radius 1 is 0.978 bits per heavy atom. The van der Waals surface area contributed by atoms with Gasteiger partial charge in [-0.05, 0) is 36.4 Å². The molecule has 0 N–H and O–H groups in total. The fraction of sp³-hybridized carbons (Fsp3) is 0.310. The topological polar surface area (TPSA) is 112 Å². The van der Waals surface area contributed by atoms with Crippen molar-refractivity contribution < 1.29 is 54.5 Å². The highest BCUT2D eigenvalue weighted by Gasteiger charge is 2.64. The van der Waals surface area contributed by atoms with Crippen LogP contribution in [-0.4, -0.2) is 71.6 Å². The summed E-state index contributed by atoms with van der Waals surface area (Å²) in [4.78, 5) is 28.2. The Morgan fingerprint density at radius 2 is 1.69 bits per heavy atom. The predicted molar refractivity (Wildman–Crippen MR) is 152 cm³/mol. The molecular weight excluding hydrogens is 648 g/mol. The summed E-state index contributed by atoms with van der Waals surface area (Å²) in [5.41, 5.74) is -2.68. The molecule has 2 aliphatic heterocycles. The molecule has 10 nitrogen and oxygen atoms in total. The molecule has 5 rings (SSSR count). The Kier molecular flexibility index (Phi) is 8.40. The zero-order valence-corrected chi connectivity index (χ0v) is 25.4. The molecule has 0 spiro atoms. The Labute approximate surface area is 260 Å². The first-order chi connectivity index (χ1) is 21.2. The van der Waals surface area contributed by atoms with E-state index in [2.05, 4.69) is 4.74 Å². The number of sulfonamides is 1. The monoisotopic (exact) mass is 672 g/mol. The van der Waals surface area contributed by atoms with Crippen LogP contribution in [0.25, 0.3) is 0 Å². The number of halogens is 5. The van der Waals surface area contributed by atoms with E-state index in [0.717, 1.165) is 26.4 Å². The molecule has 0 aliphatic carbocycles. The molecule has 16 heteroatoms. The minimum Gasteiger partial charge on any atom is -0.497 e. The van der Waals surface area contributed by atoms with Crippen molar-refractivity contribution in [3.05, 3.63) is 76.8 Å². The average molecular weight is 673 g/mol. The highest BCUT2D eigenvalue weighted by atomic mass is 35.5. The Bertz CT molecular complexity index is 1770. The number of para-hydroxylation sites is 1. The van der Waals surface area contributed by atoms with Crippen LogP contribution in [0.3, 0.4) is 0 Å². The number of esters is 1. The van der Waals surface area contributed by atoms with E-state index in [-0.39, 0.29) is 33.3 Å². The quantitative estimate of drug-likeness (QED) is 0.246. The van der Waals surface area contributed by atoms with Crippen LogP contribution in [0.5, 0.6) is 17.2 Å². The summed E-state index contributed by atoms with van der Waals surface area (Å²) in [7, 11) is -1.73. The number of hydrogen-bond donors (Lipinski definition) is 0. The SMILES string of the molecule is COC(=O)[C@@H]1C[C@H](F)CN1C1(c2ccccc2OC)C(=O)N(S(=O)(=O)c2ccc(OC)cc2OC(F)(F)F)c2ccc(Cl)cc21. The summed E-state index contributed by atoms with van der Waals surface area (Å²) in [6, 6.07) is 10.9. The van der Waals surface area contributed by atoms with Gasteiger partial charge in [0, 0.05) is 35.2 Å². The smallest absolute Gasteiger partial charge is 0.497 e. The van der Waals surface area contributed by atoms with Gasteiger partial charge in [0.15, 0.2) is 11.3 Å². The average Bonchev–Trinajstić information content (AvgIpc) is 3.50. The van der Waals surface area contributed by atoms with E-state index in [1.807, 2.05) is 0 Å². The molecule has 0 bridgehead atoms. The molecule has 0 saturated carbocycles. The first-order valence-electron chi connectivity index (χ1n) is 13.2. The molecule has 1 amide bonds. The van der Waals surface area contributed by atoms with Gasteiger partial charge in [-0.2, -0.15) is 0 Å². The lowest BCUT2D eigenvalue weighted by molar-refractivity contribution is -0.275. The maximum Gasteiger partial charge on any atom is 0.573 e. The minimum atomic E-state index is -5.32. The molecule has 1 unspecified atom stereocenters. The minimum absolute atomic E-state index is 0.0169. The summed E-state index contributed by atoms with van der Waals surface area (Å²) in [6.45, 7) is -0.533. The van der Waals surface area contributed by atoms with Crippen molar-refractivity contribution in [3.63, 3.8) is 0 Å². The van der Waals surface area contributed by atoms with Crippen LogP contribution < -0.4 is 18.5 Å². The summed E-state index contributed by atoms with van der Waals surface area (Å²) in [6.07, 6.45) is -7.38. The summed E-state index contributed by atoms with van der Waals surface area (Å²) < 4.78 is 104. The molecule has 3 aromatic carbocycles. The third-order valence-electron chi connectivity index (χ3n) is 7.61. The van der Waals surface area contributed by atoms with E-state index in [9.17, 15) is 31.2 Å². The zero-order valence-electron chi connectivity index (χ0n) is 23.8. The Morgan fingerprint density at radius 3 is 2.33 bits per heavy atom. The van der Waals surface area contributed by atoms with Crippen LogP contribution in [0, 0.1) is 0 Å². The lowest BCUT2D eigenvalue weighted by Gasteiger charge is -2.41. The molecule has 3 aromatic rings. The van der Waals surface area contributed by atoms with Gasteiger partial charge in [-0.3, -0.25) is 14.5 Å². The fourth-order valence-corrected chi connectivity index (χ4v) is 7.60. The zero-order chi connectivity index (χ0) is 32.9. The third-order valence-corrected chi connectivity index (χ3v) is 9.58. The van der Waals surface area contributed by atoms with Gasteiger partial charge in [0.05, 0.1) is 27.0 Å². The number of anilines is 1. The Balaban J connectivity index is 1.85. The van der Waals surface area contributed by atoms with Gasteiger partial charge in [0.25, 0.3) is 15.9 Å². The largest absolute Gasteiger partial charge is 0.573 e. The number of rotatable bonds is 8. The number of amides is 1. The van der Waals surface area contributed by atoms with Crippen LogP contribution in [-0.2, 0) is 29.9 Å². The van der Waals surface area contributed by atoms with Crippen molar-refractivity contribution in [1.29, 1.82) is 0 Å². The summed E-state index contributed by atoms with van der Waals surface area (Å²) in [5.74, 6) is -3.44. The highest BCUT2D eigenvalue weighted by molar-refractivity contribution is 7.93. The lowest BCUT2D eigenvalue weighted by atomic mass is 9.81. The molecule has 1 saturated heterocycles.